The van der Waals surface area contributed by atoms with Crippen molar-refractivity contribution in [3.8, 4) is 0 Å². The van der Waals surface area contributed by atoms with Crippen LogP contribution in [0.1, 0.15) is 163 Å². The molecule has 7 aliphatic heterocycles. The van der Waals surface area contributed by atoms with Crippen LogP contribution in [0, 0.1) is 49.9 Å². The van der Waals surface area contributed by atoms with Crippen LogP contribution in [0.3, 0.4) is 0 Å². The number of hydrogen-bond donors (Lipinski definition) is 9. The molecule has 46 heteroatoms. The fraction of sp³-hybridized carbons (Fsp3) is 0.967. The number of ether oxygens (including phenoxy) is 6. The number of fused-ring (bicyclic) bond motifs is 4. The smallest absolute Gasteiger partial charge is 0.388 e. The van der Waals surface area contributed by atoms with Crippen molar-refractivity contribution in [2.75, 3.05) is 40.6 Å². The van der Waals surface area contributed by atoms with Crippen LogP contribution in [-0.2, 0) is 143 Å². The van der Waals surface area contributed by atoms with Gasteiger partial charge in [0.1, 0.15) is 126 Å². The summed E-state index contributed by atoms with van der Waals surface area (Å²) < 4.78 is 173. The van der Waals surface area contributed by atoms with Crippen molar-refractivity contribution >= 4 is 94.0 Å². The Morgan fingerprint density at radius 1 is 0.491 bits per heavy atom. The summed E-state index contributed by atoms with van der Waals surface area (Å²) in [7, 11) is 8.94. The molecule has 7 rings (SSSR count). The Morgan fingerprint density at radius 3 is 1.48 bits per heavy atom. The van der Waals surface area contributed by atoms with Crippen LogP contribution in [0.5, 0.6) is 0 Å². The quantitative estimate of drug-likeness (QED) is 0.0217. The van der Waals surface area contributed by atoms with Crippen molar-refractivity contribution in [1.29, 1.82) is 0 Å². The summed E-state index contributed by atoms with van der Waals surface area (Å²) in [6.45, 7) is 11.3. The fourth-order valence-corrected chi connectivity index (χ4v) is 19.5. The minimum atomic E-state index is -5.27. The molecule has 0 aromatic heterocycles. The fourth-order valence-electron chi connectivity index (χ4n) is 14.2. The van der Waals surface area contributed by atoms with Crippen LogP contribution in [-0.4, -0.2) is 260 Å². The first-order chi connectivity index (χ1) is 48.8. The summed E-state index contributed by atoms with van der Waals surface area (Å²) in [4.78, 5) is 63.0. The molecule has 601 valence electrons. The van der Waals surface area contributed by atoms with E-state index >= 15 is 0 Å². The zero-order valence-electron chi connectivity index (χ0n) is 61.8. The van der Waals surface area contributed by atoms with Crippen LogP contribution in [0.15, 0.2) is 0 Å². The number of unbranched alkanes of at least 4 members (excludes halogenated alkanes) is 2. The SMILES string of the molecule is [B][C@@H]1O[C@H](COP(=O)(O)O[C@@H]2C(CCC(CCC)CCCC)[C@H]([B])O[C@@H]2CC)[C@H](OP(=O)(O)OC)C1O.[B][C@@H]1O[C@H](COP(=O)(O)O[C@@H]2C3CCC(CCCC)CCCCC([CH2-])CCC4[C@H]([B])O[C@H](CC)[C@@H]4OP(=O)(O)OC[C@H]4O[C@@H]([B])C(O)[C@H]4OP(=O)(O)OC[C@H]2O[C@H]3[B])[C@H](OP(=O)(O)OC)C1O.[CH3-].[Y]. The van der Waals surface area contributed by atoms with Crippen molar-refractivity contribution in [3.63, 3.8) is 0 Å². The summed E-state index contributed by atoms with van der Waals surface area (Å²) in [5, 5.41) is 31.4. The topological polar surface area (TPSA) is 451 Å². The molecule has 2 bridgehead atoms. The third-order valence-electron chi connectivity index (χ3n) is 20.0. The molecule has 7 fully saturated rings. The number of aliphatic hydroxyl groups is 3. The second-order valence-electron chi connectivity index (χ2n) is 27.6. The third kappa shape index (κ3) is 30.6. The van der Waals surface area contributed by atoms with Gasteiger partial charge in [0.05, 0.1) is 38.6 Å². The number of phosphoric ester groups is 6. The van der Waals surface area contributed by atoms with Gasteiger partial charge >= 0.3 is 46.9 Å². The van der Waals surface area contributed by atoms with Crippen molar-refractivity contribution in [2.45, 2.75) is 291 Å². The third-order valence-corrected chi connectivity index (χ3v) is 25.9. The van der Waals surface area contributed by atoms with Crippen LogP contribution >= 0.6 is 46.9 Å². The molecular formula is C60H110B6O33P6Y-2. The molecule has 7 saturated heterocycles. The van der Waals surface area contributed by atoms with Gasteiger partial charge in [0, 0.05) is 101 Å². The van der Waals surface area contributed by atoms with E-state index in [0.717, 1.165) is 97.7 Å². The monoisotopic (exact) mass is 1700 g/mol. The Morgan fingerprint density at radius 2 is 0.953 bits per heavy atom. The minimum absolute atomic E-state index is 0. The Hall–Kier alpha value is 1.79. The van der Waals surface area contributed by atoms with Crippen molar-refractivity contribution in [1.82, 2.24) is 0 Å². The van der Waals surface area contributed by atoms with Gasteiger partial charge in [0.15, 0.2) is 0 Å². The molecule has 0 aromatic rings. The van der Waals surface area contributed by atoms with E-state index < -0.39 is 213 Å². The van der Waals surface area contributed by atoms with Gasteiger partial charge in [-0.1, -0.05) is 131 Å². The van der Waals surface area contributed by atoms with E-state index in [0.29, 0.717) is 50.9 Å². The molecule has 0 saturated carbocycles. The molecule has 7 heterocycles. The van der Waals surface area contributed by atoms with E-state index in [1.165, 1.54) is 0 Å². The van der Waals surface area contributed by atoms with E-state index in [2.05, 4.69) is 36.7 Å². The molecule has 13 radical (unpaired) electrons. The van der Waals surface area contributed by atoms with Gasteiger partial charge in [-0.25, -0.2) is 27.4 Å². The first-order valence-electron chi connectivity index (χ1n) is 35.9. The second kappa shape index (κ2) is 46.2. The van der Waals surface area contributed by atoms with Crippen LogP contribution in [0.4, 0.5) is 0 Å². The maximum Gasteiger partial charge on any atom is 0.472 e. The summed E-state index contributed by atoms with van der Waals surface area (Å²) in [6, 6.07) is -6.80. The van der Waals surface area contributed by atoms with Crippen LogP contribution in [0.25, 0.3) is 0 Å². The van der Waals surface area contributed by atoms with Gasteiger partial charge in [0.2, 0.25) is 0 Å². The van der Waals surface area contributed by atoms with Gasteiger partial charge in [0.25, 0.3) is 0 Å². The number of hydrogen-bond acceptors (Lipinski definition) is 27. The first-order valence-corrected chi connectivity index (χ1v) is 44.8. The van der Waals surface area contributed by atoms with Crippen LogP contribution in [0.2, 0.25) is 0 Å². The Labute approximate surface area is 658 Å². The van der Waals surface area contributed by atoms with E-state index in [4.69, 9.17) is 121 Å². The predicted molar refractivity (Wildman–Crippen MR) is 384 cm³/mol. The molecule has 9 N–H and O–H groups in total. The van der Waals surface area contributed by atoms with Gasteiger partial charge in [-0.3, -0.25) is 54.3 Å². The van der Waals surface area contributed by atoms with Crippen molar-refractivity contribution in [2.24, 2.45) is 35.5 Å². The first kappa shape index (κ1) is 100. The molecular weight excluding hydrogens is 1590 g/mol. The van der Waals surface area contributed by atoms with Crippen LogP contribution < -0.4 is 0 Å². The van der Waals surface area contributed by atoms with Gasteiger partial charge in [-0.2, -0.15) is 5.92 Å². The zero-order chi connectivity index (χ0) is 77.3. The Kier molecular flexibility index (Phi) is 43.7. The molecule has 0 spiro atoms. The molecule has 0 aliphatic carbocycles. The molecule has 0 aromatic carbocycles. The van der Waals surface area contributed by atoms with E-state index in [1.807, 2.05) is 13.8 Å². The van der Waals surface area contributed by atoms with E-state index in [9.17, 15) is 72.1 Å². The molecule has 0 amide bonds. The summed E-state index contributed by atoms with van der Waals surface area (Å²) in [6.07, 6.45) is -3.48. The Bertz CT molecular complexity index is 2880. The number of rotatable bonds is 29. The summed E-state index contributed by atoms with van der Waals surface area (Å²) in [5.74, 6) is -0.845. The zero-order valence-corrected chi connectivity index (χ0v) is 70.0. The average molecular weight is 1700 g/mol. The number of aliphatic hydroxyl groups excluding tert-OH is 3. The normalized spacial score (nSPS) is 42.0. The predicted octanol–water partition coefficient (Wildman–Crippen LogP) is 6.58. The standard InChI is InChI=1S/C37H65B4O22P4.C22H42B2O11P2.CH3.Y/c1-5-7-11-21-12-9-8-10-20(3)13-15-22-30(24(6-2)56-34(22)38)60-65(46,47)54-19-27-33(29(43)37(41)59-27)63-67(50,51)53-17-25-31(23(16-14-21)35(39)57-25)61-66(48,49)55-18-26-32(28(42)36(40)58-26)62-64(44,45)52-4;1-5-8-10-14(9-6-2)11-12-15-19(16(7-3)32-21(15)23)34-37(28,29)31-13-17-20(18(25)22(24)33-17)35-36(26,27)30-4;;/h20-37,42-43H,3,5-19H2,1-2,4H3,(H,44,45)(H,46,47)(H,48,49)(H,50,51);14-22,25H,5-13H2,1-4H3,(H,26,27)(H,28,29);1H3;/q-1;;-1;/t20?,21?,22?,23?,24-,25-,26-,27-,28?,29?,30-,31-,32+,33+,34-,35-,36-,37-;14?,15?,16-,17-,18?,19-,20+,21-,22-;;/m11../s1. The van der Waals surface area contributed by atoms with E-state index in [-0.39, 0.29) is 57.9 Å². The second-order valence-corrected chi connectivity index (χ2v) is 36.2. The molecule has 15 unspecified atom stereocenters. The number of phosphoric acid groups is 6. The van der Waals surface area contributed by atoms with Gasteiger partial charge in [-0.15, -0.1) is 0 Å². The maximum absolute atomic E-state index is 13.7. The maximum atomic E-state index is 13.7. The van der Waals surface area contributed by atoms with Gasteiger partial charge < -0.3 is 87.5 Å². The minimum Gasteiger partial charge on any atom is -0.388 e. The summed E-state index contributed by atoms with van der Waals surface area (Å²) in [5.41, 5.74) is 0. The molecule has 7 aliphatic rings. The van der Waals surface area contributed by atoms with E-state index in [1.54, 1.807) is 0 Å². The van der Waals surface area contributed by atoms with Crippen molar-refractivity contribution in [3.05, 3.63) is 14.4 Å². The van der Waals surface area contributed by atoms with Crippen molar-refractivity contribution < 1.29 is 187 Å². The summed E-state index contributed by atoms with van der Waals surface area (Å²) >= 11 is 0. The molecule has 33 atom stereocenters. The largest absolute Gasteiger partial charge is 0.472 e. The Balaban J connectivity index is 0.000000517. The van der Waals surface area contributed by atoms with Gasteiger partial charge in [-0.05, 0) is 43.9 Å². The molecule has 106 heavy (non-hydrogen) atoms. The molecule has 33 nitrogen and oxygen atoms in total. The average Bonchev–Trinajstić information content (AvgIpc) is 1.67.